The molecule has 2 rings (SSSR count). The maximum Gasteiger partial charge on any atom is 0.339 e. The molecule has 0 aliphatic heterocycles. The number of rotatable bonds is 1. The van der Waals surface area contributed by atoms with Gasteiger partial charge in [0, 0.05) is 6.20 Å². The van der Waals surface area contributed by atoms with E-state index in [-0.39, 0.29) is 11.4 Å². The summed E-state index contributed by atoms with van der Waals surface area (Å²) < 4.78 is 0.642. The second kappa shape index (κ2) is 2.98. The number of nitrogens with zero attached hydrogens (tertiary/aromatic N) is 1. The molecule has 2 aromatic heterocycles. The normalized spacial score (nSPS) is 10.6. The highest BCUT2D eigenvalue weighted by atomic mass is 79.9. The van der Waals surface area contributed by atoms with Crippen molar-refractivity contribution < 1.29 is 9.90 Å². The number of nitrogens with one attached hydrogen (secondary N) is 1. The molecule has 2 heterocycles. The van der Waals surface area contributed by atoms with Crippen molar-refractivity contribution in [1.82, 2.24) is 9.97 Å². The highest BCUT2D eigenvalue weighted by Gasteiger charge is 2.13. The van der Waals surface area contributed by atoms with Gasteiger partial charge in [-0.2, -0.15) is 0 Å². The van der Waals surface area contributed by atoms with Crippen molar-refractivity contribution in [3.63, 3.8) is 0 Å². The Morgan fingerprint density at radius 2 is 2.36 bits per heavy atom. The number of pyridine rings is 1. The van der Waals surface area contributed by atoms with Crippen LogP contribution >= 0.6 is 15.9 Å². The first-order chi connectivity index (χ1) is 6.59. The van der Waals surface area contributed by atoms with Crippen molar-refractivity contribution in [2.75, 3.05) is 5.73 Å². The van der Waals surface area contributed by atoms with Crippen LogP contribution in [0.3, 0.4) is 0 Å². The fraction of sp³-hybridized carbons (Fsp3) is 0. The second-order valence-corrected chi connectivity index (χ2v) is 3.61. The van der Waals surface area contributed by atoms with Gasteiger partial charge in [-0.1, -0.05) is 0 Å². The molecular formula is C8H6BrN3O2. The molecule has 6 heteroatoms. The van der Waals surface area contributed by atoms with Crippen LogP contribution in [-0.4, -0.2) is 21.0 Å². The highest BCUT2D eigenvalue weighted by Crippen LogP contribution is 2.24. The molecule has 4 N–H and O–H groups in total. The lowest BCUT2D eigenvalue weighted by atomic mass is 10.2. The zero-order valence-electron chi connectivity index (χ0n) is 6.91. The Morgan fingerprint density at radius 3 is 3.00 bits per heavy atom. The van der Waals surface area contributed by atoms with Crippen molar-refractivity contribution in [1.29, 1.82) is 0 Å². The topological polar surface area (TPSA) is 92.0 Å². The number of aromatic nitrogens is 2. The van der Waals surface area contributed by atoms with E-state index in [1.807, 2.05) is 0 Å². The summed E-state index contributed by atoms with van der Waals surface area (Å²) in [5.74, 6) is -0.745. The van der Waals surface area contributed by atoms with E-state index in [1.165, 1.54) is 6.20 Å². The van der Waals surface area contributed by atoms with E-state index in [0.717, 1.165) is 0 Å². The molecule has 0 fully saturated rings. The number of carbonyl (C=O) groups is 1. The Bertz CT molecular complexity index is 521. The average molecular weight is 256 g/mol. The van der Waals surface area contributed by atoms with Crippen LogP contribution in [0.1, 0.15) is 10.4 Å². The molecule has 14 heavy (non-hydrogen) atoms. The number of aromatic amines is 1. The van der Waals surface area contributed by atoms with Crippen LogP contribution in [0.25, 0.3) is 11.0 Å². The Balaban J connectivity index is 2.80. The number of carboxylic acids is 1. The third kappa shape index (κ3) is 1.24. The fourth-order valence-electron chi connectivity index (χ4n) is 1.20. The molecule has 0 bridgehead atoms. The number of fused-ring (bicyclic) bond motifs is 1. The molecule has 0 saturated carbocycles. The number of aromatic carboxylic acids is 1. The van der Waals surface area contributed by atoms with Crippen LogP contribution in [0.4, 0.5) is 5.82 Å². The van der Waals surface area contributed by atoms with Gasteiger partial charge < -0.3 is 15.8 Å². The van der Waals surface area contributed by atoms with Crippen molar-refractivity contribution in [2.24, 2.45) is 0 Å². The number of H-pyrrole nitrogens is 1. The minimum Gasteiger partial charge on any atom is -0.478 e. The number of anilines is 1. The van der Waals surface area contributed by atoms with Gasteiger partial charge in [0.1, 0.15) is 16.9 Å². The molecule has 0 amide bonds. The Labute approximate surface area is 87.1 Å². The molecule has 0 aliphatic carbocycles. The molecule has 0 aromatic carbocycles. The molecule has 2 aromatic rings. The van der Waals surface area contributed by atoms with E-state index in [1.54, 1.807) is 6.07 Å². The van der Waals surface area contributed by atoms with E-state index in [2.05, 4.69) is 25.9 Å². The second-order valence-electron chi connectivity index (χ2n) is 2.76. The van der Waals surface area contributed by atoms with Gasteiger partial charge in [-0.15, -0.1) is 0 Å². The summed E-state index contributed by atoms with van der Waals surface area (Å²) in [6.07, 6.45) is 1.39. The summed E-state index contributed by atoms with van der Waals surface area (Å²) in [4.78, 5) is 17.5. The van der Waals surface area contributed by atoms with Crippen molar-refractivity contribution in [3.8, 4) is 0 Å². The van der Waals surface area contributed by atoms with Crippen LogP contribution < -0.4 is 5.73 Å². The number of nitrogen functional groups attached to an aromatic ring is 1. The van der Waals surface area contributed by atoms with Crippen molar-refractivity contribution >= 4 is 38.8 Å². The van der Waals surface area contributed by atoms with Crippen molar-refractivity contribution in [3.05, 3.63) is 22.3 Å². The summed E-state index contributed by atoms with van der Waals surface area (Å²) in [6.45, 7) is 0. The smallest absolute Gasteiger partial charge is 0.339 e. The van der Waals surface area contributed by atoms with Crippen LogP contribution in [0, 0.1) is 0 Å². The lowest BCUT2D eigenvalue weighted by molar-refractivity contribution is 0.0699. The zero-order valence-corrected chi connectivity index (χ0v) is 8.50. The molecule has 72 valence electrons. The third-order valence-corrected chi connectivity index (χ3v) is 2.50. The average Bonchev–Trinajstić information content (AvgIpc) is 2.48. The summed E-state index contributed by atoms with van der Waals surface area (Å²) in [5.41, 5.74) is 6.69. The summed E-state index contributed by atoms with van der Waals surface area (Å²) >= 11 is 3.21. The first kappa shape index (κ1) is 9.01. The summed E-state index contributed by atoms with van der Waals surface area (Å²) in [7, 11) is 0. The van der Waals surface area contributed by atoms with Crippen LogP contribution in [0.5, 0.6) is 0 Å². The minimum absolute atomic E-state index is 0.124. The summed E-state index contributed by atoms with van der Waals surface area (Å²) in [5, 5.41) is 8.82. The quantitative estimate of drug-likeness (QED) is 0.722. The first-order valence-corrected chi connectivity index (χ1v) is 4.55. The first-order valence-electron chi connectivity index (χ1n) is 3.76. The van der Waals surface area contributed by atoms with Crippen LogP contribution in [0.2, 0.25) is 0 Å². The SMILES string of the molecule is Nc1nc2c(C(=O)O)c[nH]c2cc1Br. The standard InChI is InChI=1S/C8H6BrN3O2/c9-4-1-5-6(12-7(4)10)3(2-11-5)8(13)14/h1-2,11H,(H2,10,12)(H,13,14). The number of nitrogens with two attached hydrogens (primary N) is 1. The van der Waals surface area contributed by atoms with E-state index < -0.39 is 5.97 Å². The van der Waals surface area contributed by atoms with Gasteiger partial charge in [0.05, 0.1) is 9.99 Å². The lowest BCUT2D eigenvalue weighted by Gasteiger charge is -1.97. The number of hydrogen-bond donors (Lipinski definition) is 3. The Hall–Kier alpha value is -1.56. The van der Waals surface area contributed by atoms with Gasteiger partial charge in [-0.25, -0.2) is 9.78 Å². The minimum atomic E-state index is -1.02. The van der Waals surface area contributed by atoms with E-state index >= 15 is 0 Å². The van der Waals surface area contributed by atoms with Crippen molar-refractivity contribution in [2.45, 2.75) is 0 Å². The maximum atomic E-state index is 10.8. The zero-order chi connectivity index (χ0) is 10.3. The van der Waals surface area contributed by atoms with Crippen LogP contribution in [0.15, 0.2) is 16.7 Å². The molecule has 5 nitrogen and oxygen atoms in total. The third-order valence-electron chi connectivity index (χ3n) is 1.86. The number of halogens is 1. The molecule has 0 spiro atoms. The van der Waals surface area contributed by atoms with Crippen LogP contribution in [-0.2, 0) is 0 Å². The number of carboxylic acid groups (broad SMARTS) is 1. The van der Waals surface area contributed by atoms with Gasteiger partial charge in [-0.05, 0) is 22.0 Å². The van der Waals surface area contributed by atoms with Gasteiger partial charge in [0.2, 0.25) is 0 Å². The molecule has 0 radical (unpaired) electrons. The monoisotopic (exact) mass is 255 g/mol. The highest BCUT2D eigenvalue weighted by molar-refractivity contribution is 9.10. The molecular weight excluding hydrogens is 250 g/mol. The Morgan fingerprint density at radius 1 is 1.64 bits per heavy atom. The fourth-order valence-corrected chi connectivity index (χ4v) is 1.52. The van der Waals surface area contributed by atoms with E-state index in [0.29, 0.717) is 15.5 Å². The summed E-state index contributed by atoms with van der Waals surface area (Å²) in [6, 6.07) is 1.70. The molecule has 0 saturated heterocycles. The Kier molecular flexibility index (Phi) is 1.92. The van der Waals surface area contributed by atoms with E-state index in [9.17, 15) is 4.79 Å². The molecule has 0 aliphatic rings. The van der Waals surface area contributed by atoms with Gasteiger partial charge in [0.15, 0.2) is 0 Å². The van der Waals surface area contributed by atoms with Gasteiger partial charge in [-0.3, -0.25) is 0 Å². The molecule has 0 atom stereocenters. The van der Waals surface area contributed by atoms with Gasteiger partial charge in [0.25, 0.3) is 0 Å². The van der Waals surface area contributed by atoms with Gasteiger partial charge >= 0.3 is 5.97 Å². The lowest BCUT2D eigenvalue weighted by Crippen LogP contribution is -1.97. The predicted molar refractivity (Wildman–Crippen MR) is 55.2 cm³/mol. The molecule has 0 unspecified atom stereocenters. The largest absolute Gasteiger partial charge is 0.478 e. The van der Waals surface area contributed by atoms with E-state index in [4.69, 9.17) is 10.8 Å². The number of hydrogen-bond acceptors (Lipinski definition) is 3. The predicted octanol–water partition coefficient (Wildman–Crippen LogP) is 1.61. The maximum absolute atomic E-state index is 10.8.